The highest BCUT2D eigenvalue weighted by molar-refractivity contribution is 7.89. The maximum atomic E-state index is 12.3. The molecule has 0 amide bonds. The van der Waals surface area contributed by atoms with Crippen LogP contribution in [0.1, 0.15) is 20.8 Å². The van der Waals surface area contributed by atoms with Crippen LogP contribution in [0, 0.1) is 5.92 Å². The molecule has 8 heteroatoms. The molecule has 1 rings (SSSR count). The second-order valence-electron chi connectivity index (χ2n) is 4.80. The molecule has 0 saturated carbocycles. The molecule has 0 saturated heterocycles. The minimum absolute atomic E-state index is 0.0456. The Balaban J connectivity index is 3.18. The largest absolute Gasteiger partial charge is 0.329 e. The summed E-state index contributed by atoms with van der Waals surface area (Å²) in [4.78, 5) is 0. The lowest BCUT2D eigenvalue weighted by atomic mass is 9.90. The Bertz CT molecular complexity index is 506. The van der Waals surface area contributed by atoms with Gasteiger partial charge in [0.15, 0.2) is 5.03 Å². The van der Waals surface area contributed by atoms with Gasteiger partial charge in [-0.2, -0.15) is 5.10 Å². The molecule has 0 aromatic carbocycles. The topological polar surface area (TPSA) is 90.0 Å². The molecule has 6 nitrogen and oxygen atoms in total. The fourth-order valence-corrected chi connectivity index (χ4v) is 3.66. The highest BCUT2D eigenvalue weighted by Crippen LogP contribution is 2.23. The first-order chi connectivity index (χ1) is 8.14. The Hall–Kier alpha value is -0.630. The van der Waals surface area contributed by atoms with Gasteiger partial charge in [0, 0.05) is 19.1 Å². The molecular weight excluding hydrogens is 276 g/mol. The quantitative estimate of drug-likeness (QED) is 0.837. The number of aryl methyl sites for hydroxylation is 1. The molecule has 1 atom stereocenters. The predicted molar refractivity (Wildman–Crippen MR) is 70.8 cm³/mol. The van der Waals surface area contributed by atoms with E-state index in [9.17, 15) is 8.42 Å². The van der Waals surface area contributed by atoms with E-state index < -0.39 is 15.6 Å². The van der Waals surface area contributed by atoms with Gasteiger partial charge in [-0.3, -0.25) is 4.68 Å². The molecule has 1 aromatic heterocycles. The number of rotatable bonds is 5. The second kappa shape index (κ2) is 5.16. The first-order valence-electron chi connectivity index (χ1n) is 5.55. The van der Waals surface area contributed by atoms with Crippen LogP contribution < -0.4 is 10.5 Å². The lowest BCUT2D eigenvalue weighted by molar-refractivity contribution is 0.314. The Labute approximate surface area is 113 Å². The highest BCUT2D eigenvalue weighted by atomic mass is 35.5. The number of nitrogens with zero attached hydrogens (tertiary/aromatic N) is 2. The summed E-state index contributed by atoms with van der Waals surface area (Å²) in [5.41, 5.74) is 4.93. The number of nitrogens with one attached hydrogen (secondary N) is 1. The van der Waals surface area contributed by atoms with Gasteiger partial charge in [0.05, 0.1) is 11.2 Å². The maximum absolute atomic E-state index is 12.3. The number of halogens is 1. The van der Waals surface area contributed by atoms with Crippen LogP contribution in [0.2, 0.25) is 5.02 Å². The number of sulfonamides is 1. The van der Waals surface area contributed by atoms with Crippen LogP contribution in [0.4, 0.5) is 0 Å². The van der Waals surface area contributed by atoms with Crippen LogP contribution in [0.3, 0.4) is 0 Å². The average Bonchev–Trinajstić information content (AvgIpc) is 2.57. The van der Waals surface area contributed by atoms with E-state index in [1.165, 1.54) is 17.9 Å². The fourth-order valence-electron chi connectivity index (χ4n) is 1.45. The Morgan fingerprint density at radius 1 is 1.61 bits per heavy atom. The normalized spacial score (nSPS) is 15.9. The monoisotopic (exact) mass is 294 g/mol. The second-order valence-corrected chi connectivity index (χ2v) is 6.81. The maximum Gasteiger partial charge on any atom is 0.259 e. The van der Waals surface area contributed by atoms with Crippen LogP contribution in [0.25, 0.3) is 0 Å². The summed E-state index contributed by atoms with van der Waals surface area (Å²) in [6.07, 6.45) is 1.30. The van der Waals surface area contributed by atoms with Gasteiger partial charge >= 0.3 is 0 Å². The molecule has 104 valence electrons. The van der Waals surface area contributed by atoms with Gasteiger partial charge < -0.3 is 5.73 Å². The van der Waals surface area contributed by atoms with Crippen molar-refractivity contribution >= 4 is 21.6 Å². The van der Waals surface area contributed by atoms with E-state index in [1.807, 2.05) is 13.8 Å². The zero-order valence-electron chi connectivity index (χ0n) is 10.9. The van der Waals surface area contributed by atoms with E-state index in [0.717, 1.165) is 0 Å². The van der Waals surface area contributed by atoms with Gasteiger partial charge in [-0.15, -0.1) is 0 Å². The Morgan fingerprint density at radius 3 is 2.50 bits per heavy atom. The molecule has 0 aliphatic heterocycles. The predicted octanol–water partition coefficient (Wildman–Crippen LogP) is 0.725. The van der Waals surface area contributed by atoms with E-state index in [4.69, 9.17) is 17.3 Å². The van der Waals surface area contributed by atoms with Gasteiger partial charge in [0.25, 0.3) is 10.0 Å². The van der Waals surface area contributed by atoms with Crippen molar-refractivity contribution in [2.24, 2.45) is 18.7 Å². The van der Waals surface area contributed by atoms with Crippen molar-refractivity contribution < 1.29 is 8.42 Å². The molecule has 0 aliphatic carbocycles. The zero-order valence-corrected chi connectivity index (χ0v) is 12.5. The average molecular weight is 295 g/mol. The minimum Gasteiger partial charge on any atom is -0.329 e. The minimum atomic E-state index is -3.75. The van der Waals surface area contributed by atoms with Crippen molar-refractivity contribution in [3.63, 3.8) is 0 Å². The summed E-state index contributed by atoms with van der Waals surface area (Å²) in [5.74, 6) is 0.0456. The SMILES string of the molecule is CC(C)C(C)(CN)NS(=O)(=O)c1c(Cl)cnn1C. The van der Waals surface area contributed by atoms with Crippen molar-refractivity contribution in [1.82, 2.24) is 14.5 Å². The van der Waals surface area contributed by atoms with Crippen molar-refractivity contribution in [3.05, 3.63) is 11.2 Å². The van der Waals surface area contributed by atoms with Gasteiger partial charge in [-0.25, -0.2) is 13.1 Å². The van der Waals surface area contributed by atoms with Crippen LogP contribution in [-0.4, -0.2) is 30.3 Å². The molecule has 0 radical (unpaired) electrons. The van der Waals surface area contributed by atoms with Gasteiger partial charge in [-0.05, 0) is 12.8 Å². The van der Waals surface area contributed by atoms with Crippen molar-refractivity contribution in [3.8, 4) is 0 Å². The van der Waals surface area contributed by atoms with Crippen LogP contribution in [0.15, 0.2) is 11.2 Å². The van der Waals surface area contributed by atoms with E-state index in [1.54, 1.807) is 6.92 Å². The van der Waals surface area contributed by atoms with E-state index in [0.29, 0.717) is 0 Å². The van der Waals surface area contributed by atoms with Crippen LogP contribution in [-0.2, 0) is 17.1 Å². The summed E-state index contributed by atoms with van der Waals surface area (Å²) in [6, 6.07) is 0. The lowest BCUT2D eigenvalue weighted by Gasteiger charge is -2.33. The van der Waals surface area contributed by atoms with Crippen molar-refractivity contribution in [2.45, 2.75) is 31.3 Å². The third-order valence-corrected chi connectivity index (χ3v) is 5.28. The Kier molecular flexibility index (Phi) is 4.42. The first kappa shape index (κ1) is 15.4. The van der Waals surface area contributed by atoms with Gasteiger partial charge in [-0.1, -0.05) is 25.4 Å². The molecule has 1 heterocycles. The summed E-state index contributed by atoms with van der Waals surface area (Å²) in [5, 5.41) is 3.86. The summed E-state index contributed by atoms with van der Waals surface area (Å²) in [7, 11) is -2.23. The van der Waals surface area contributed by atoms with E-state index >= 15 is 0 Å². The van der Waals surface area contributed by atoms with Crippen molar-refractivity contribution in [2.75, 3.05) is 6.54 Å². The molecule has 1 unspecified atom stereocenters. The molecule has 0 bridgehead atoms. The molecule has 0 fully saturated rings. The number of hydrogen-bond acceptors (Lipinski definition) is 4. The molecule has 18 heavy (non-hydrogen) atoms. The summed E-state index contributed by atoms with van der Waals surface area (Å²) >= 11 is 5.85. The number of nitrogens with two attached hydrogens (primary N) is 1. The summed E-state index contributed by atoms with van der Waals surface area (Å²) in [6.45, 7) is 5.76. The lowest BCUT2D eigenvalue weighted by Crippen LogP contribution is -2.55. The highest BCUT2D eigenvalue weighted by Gasteiger charge is 2.34. The third kappa shape index (κ3) is 2.85. The molecule has 3 N–H and O–H groups in total. The standard InChI is InChI=1S/C10H19ClN4O2S/c1-7(2)10(3,6-12)14-18(16,17)9-8(11)5-13-15(9)4/h5,7,14H,6,12H2,1-4H3. The van der Waals surface area contributed by atoms with Gasteiger partial charge in [0.2, 0.25) is 0 Å². The molecular formula is C10H19ClN4O2S. The molecule has 1 aromatic rings. The number of hydrogen-bond donors (Lipinski definition) is 2. The molecule has 0 aliphatic rings. The van der Waals surface area contributed by atoms with Gasteiger partial charge in [0.1, 0.15) is 0 Å². The zero-order chi connectivity index (χ0) is 14.1. The van der Waals surface area contributed by atoms with Crippen LogP contribution >= 0.6 is 11.6 Å². The fraction of sp³-hybridized carbons (Fsp3) is 0.700. The molecule has 0 spiro atoms. The first-order valence-corrected chi connectivity index (χ1v) is 7.41. The Morgan fingerprint density at radius 2 is 2.17 bits per heavy atom. The van der Waals surface area contributed by atoms with E-state index in [2.05, 4.69) is 9.82 Å². The summed E-state index contributed by atoms with van der Waals surface area (Å²) < 4.78 is 28.4. The van der Waals surface area contributed by atoms with E-state index in [-0.39, 0.29) is 22.5 Å². The number of aromatic nitrogens is 2. The third-order valence-electron chi connectivity index (χ3n) is 3.16. The van der Waals surface area contributed by atoms with Crippen LogP contribution in [0.5, 0.6) is 0 Å². The van der Waals surface area contributed by atoms with Crippen molar-refractivity contribution in [1.29, 1.82) is 0 Å². The smallest absolute Gasteiger partial charge is 0.259 e.